The number of fused-ring (bicyclic) bond motifs is 13. The molecule has 33 unspecified atom stereocenters. The second kappa shape index (κ2) is 37.2. The Morgan fingerprint density at radius 2 is 0.775 bits per heavy atom. The summed E-state index contributed by atoms with van der Waals surface area (Å²) < 4.78 is 0. The largest absolute Gasteiger partial charge is 0.0651 e. The summed E-state index contributed by atoms with van der Waals surface area (Å²) in [5, 5.41) is 0. The van der Waals surface area contributed by atoms with Crippen LogP contribution in [0.3, 0.4) is 0 Å². The molecule has 0 heterocycles. The van der Waals surface area contributed by atoms with Crippen LogP contribution in [-0.2, 0) is 0 Å². The van der Waals surface area contributed by atoms with Crippen molar-refractivity contribution in [2.45, 2.75) is 536 Å². The fourth-order valence-corrected chi connectivity index (χ4v) is 40.2. The SMILES string of the molecule is CC(C)C1CCC2C(CCC3C(C)(C)CCCC23C)C1.CC1CC2(C)CC1CCC2C1(C)CCCC(C)(C)C1C.CC1CC23CCC4C(C)(C)CCCC4(C)C2CCC1C3.CCC(C)CCC1(C)C(C)CCC2(C)C(C)CCCC12.CCC(C)CCC1C(C)CCC2C(C)(C)CCCC12C.CCC1(C)CCC2C(CCC3C(C)(C)CCCC23C)C1. The van der Waals surface area contributed by atoms with Gasteiger partial charge < -0.3 is 0 Å². The summed E-state index contributed by atoms with van der Waals surface area (Å²) in [7, 11) is 0. The van der Waals surface area contributed by atoms with Crippen molar-refractivity contribution in [2.24, 2.45) is 223 Å². The Balaban J connectivity index is 0.000000132. The first-order chi connectivity index (χ1) is 55.9. The molecule has 0 heteroatoms. The molecule has 698 valence electrons. The highest BCUT2D eigenvalue weighted by Gasteiger charge is 2.66. The van der Waals surface area contributed by atoms with E-state index in [4.69, 9.17) is 0 Å². The van der Waals surface area contributed by atoms with Crippen molar-refractivity contribution in [1.29, 1.82) is 0 Å². The Bertz CT molecular complexity index is 3180. The lowest BCUT2D eigenvalue weighted by molar-refractivity contribution is -0.144. The molecule has 0 saturated heterocycles. The minimum absolute atomic E-state index is 0.546. The van der Waals surface area contributed by atoms with Gasteiger partial charge in [-0.1, -0.05) is 305 Å². The zero-order chi connectivity index (χ0) is 88.0. The van der Waals surface area contributed by atoms with E-state index < -0.39 is 0 Å². The van der Waals surface area contributed by atoms with E-state index in [2.05, 4.69) is 222 Å². The molecule has 0 aromatic heterocycles. The second-order valence-corrected chi connectivity index (χ2v) is 57.5. The van der Waals surface area contributed by atoms with Crippen molar-refractivity contribution >= 4 is 0 Å². The third-order valence-corrected chi connectivity index (χ3v) is 48.7. The fourth-order valence-electron chi connectivity index (χ4n) is 40.2. The Hall–Kier alpha value is 0. The first-order valence-electron chi connectivity index (χ1n) is 55.9. The molecule has 17 rings (SSSR count). The van der Waals surface area contributed by atoms with Crippen LogP contribution in [0, 0.1) is 223 Å². The summed E-state index contributed by atoms with van der Waals surface area (Å²) >= 11 is 0. The molecule has 33 atom stereocenters. The minimum Gasteiger partial charge on any atom is -0.0651 e. The average molecular weight is 1660 g/mol. The van der Waals surface area contributed by atoms with E-state index in [0.717, 1.165) is 147 Å². The predicted molar refractivity (Wildman–Crippen MR) is 528 cm³/mol. The molecule has 120 heavy (non-hydrogen) atoms. The molecule has 0 radical (unpaired) electrons. The molecule has 17 aliphatic rings. The topological polar surface area (TPSA) is 0 Å². The highest BCUT2D eigenvalue weighted by Crippen LogP contribution is 2.75. The van der Waals surface area contributed by atoms with E-state index in [0.29, 0.717) is 75.8 Å². The molecular formula is C120H218. The van der Waals surface area contributed by atoms with Gasteiger partial charge in [0, 0.05) is 0 Å². The third-order valence-electron chi connectivity index (χ3n) is 48.7. The number of hydrogen-bond acceptors (Lipinski definition) is 0. The molecule has 0 amide bonds. The van der Waals surface area contributed by atoms with Crippen molar-refractivity contribution in [1.82, 2.24) is 0 Å². The Kier molecular flexibility index (Phi) is 30.7. The van der Waals surface area contributed by atoms with Gasteiger partial charge in [0.25, 0.3) is 0 Å². The fraction of sp³-hybridized carbons (Fsp3) is 1.00. The van der Waals surface area contributed by atoms with E-state index in [1.807, 2.05) is 0 Å². The summed E-state index contributed by atoms with van der Waals surface area (Å²) in [6.07, 6.45) is 73.3. The monoisotopic (exact) mass is 1660 g/mol. The summed E-state index contributed by atoms with van der Waals surface area (Å²) in [6.45, 7) is 81.7. The normalized spacial score (nSPS) is 49.9. The molecule has 0 N–H and O–H groups in total. The van der Waals surface area contributed by atoms with Gasteiger partial charge in [-0.2, -0.15) is 0 Å². The maximum atomic E-state index is 2.72. The van der Waals surface area contributed by atoms with Gasteiger partial charge in [-0.15, -0.1) is 0 Å². The predicted octanol–water partition coefficient (Wildman–Crippen LogP) is 38.5. The van der Waals surface area contributed by atoms with E-state index in [1.165, 1.54) is 270 Å². The van der Waals surface area contributed by atoms with E-state index >= 15 is 0 Å². The quantitative estimate of drug-likeness (QED) is 0.193. The molecule has 1 spiro atoms. The van der Waals surface area contributed by atoms with Crippen molar-refractivity contribution in [2.75, 3.05) is 0 Å². The van der Waals surface area contributed by atoms with E-state index in [9.17, 15) is 0 Å². The van der Waals surface area contributed by atoms with E-state index in [1.54, 1.807) is 44.9 Å². The second-order valence-electron chi connectivity index (χ2n) is 57.5. The first-order valence-corrected chi connectivity index (χ1v) is 55.9. The summed E-state index contributed by atoms with van der Waals surface area (Å²) in [6, 6.07) is 0. The van der Waals surface area contributed by atoms with Crippen molar-refractivity contribution < 1.29 is 0 Å². The van der Waals surface area contributed by atoms with Crippen molar-refractivity contribution in [3.05, 3.63) is 0 Å². The van der Waals surface area contributed by atoms with Crippen LogP contribution in [0.15, 0.2) is 0 Å². The average Bonchev–Trinajstić information content (AvgIpc) is 1.54. The van der Waals surface area contributed by atoms with Gasteiger partial charge in [0.05, 0.1) is 0 Å². The van der Waals surface area contributed by atoms with Gasteiger partial charge in [-0.05, 0) is 454 Å². The lowest BCUT2D eigenvalue weighted by atomic mass is 9.41. The first kappa shape index (κ1) is 99.0. The molecule has 0 aromatic rings. The maximum Gasteiger partial charge on any atom is -0.0258 e. The highest BCUT2D eigenvalue weighted by atomic mass is 14.7. The molecule has 17 aliphatic carbocycles. The summed E-state index contributed by atoms with van der Waals surface area (Å²) in [4.78, 5) is 0. The van der Waals surface area contributed by atoms with Gasteiger partial charge in [0.2, 0.25) is 0 Å². The van der Waals surface area contributed by atoms with Crippen LogP contribution < -0.4 is 0 Å². The molecule has 0 nitrogen and oxygen atoms in total. The van der Waals surface area contributed by atoms with Crippen molar-refractivity contribution in [3.8, 4) is 0 Å². The highest BCUT2D eigenvalue weighted by molar-refractivity contribution is 5.15. The standard InChI is InChI=1S/C20H34.3C20H36.2C20H38/c1-14-12-20-11-8-16-18(2,3)9-5-10-19(16,4)17(20)7-6-15(14)13-20;1-14-12-19(5)13-16(14)8-9-17(19)20(6)11-7-10-18(3,4)15(20)2;1-14(2)15-7-9-17-16(13-15)8-10-18-19(3,4)11-6-12-20(17,18)5;1-6-19(4)13-10-16-15(14-19)8-9-17-18(2,3)11-7-12-20(16,17)5;1-7-15(2)9-11-17-16(3)10-12-18-19(4,5)13-8-14-20(17,18)6;1-7-15(2)11-13-19(5)17(4)12-14-20(6)16(3)9-8-10-18(19)20/h14-17H,5-13H2,1-4H3;14-17H,7-13H2,1-6H3;14-18H,6-13H2,1-5H3;15-17H,6-14H2,1-5H3;2*15-18H,7-14H2,1-6H3. The minimum atomic E-state index is 0.546. The van der Waals surface area contributed by atoms with Crippen LogP contribution in [-0.4, -0.2) is 0 Å². The maximum absolute atomic E-state index is 2.72. The molecule has 17 saturated carbocycles. The van der Waals surface area contributed by atoms with Crippen LogP contribution in [0.4, 0.5) is 0 Å². The van der Waals surface area contributed by atoms with Gasteiger partial charge in [0.15, 0.2) is 0 Å². The molecule has 4 bridgehead atoms. The van der Waals surface area contributed by atoms with Crippen LogP contribution >= 0.6 is 0 Å². The summed E-state index contributed by atoms with van der Waals surface area (Å²) in [5.74, 6) is 23.8. The van der Waals surface area contributed by atoms with Crippen molar-refractivity contribution in [3.63, 3.8) is 0 Å². The van der Waals surface area contributed by atoms with Crippen LogP contribution in [0.25, 0.3) is 0 Å². The van der Waals surface area contributed by atoms with Crippen LogP contribution in [0.5, 0.6) is 0 Å². The molecule has 17 fully saturated rings. The van der Waals surface area contributed by atoms with Gasteiger partial charge >= 0.3 is 0 Å². The molecule has 0 aromatic carbocycles. The zero-order valence-electron chi connectivity index (χ0n) is 88.0. The lowest BCUT2D eigenvalue weighted by Gasteiger charge is -2.64. The summed E-state index contributed by atoms with van der Waals surface area (Å²) in [5.41, 5.74) is 9.51. The lowest BCUT2D eigenvalue weighted by Crippen LogP contribution is -2.55. The van der Waals surface area contributed by atoms with E-state index in [-0.39, 0.29) is 0 Å². The molecular weight excluding hydrogens is 1440 g/mol. The smallest absolute Gasteiger partial charge is 0.0258 e. The number of hydrogen-bond donors (Lipinski definition) is 0. The zero-order valence-corrected chi connectivity index (χ0v) is 88.0. The Morgan fingerprint density at radius 1 is 0.300 bits per heavy atom. The Labute approximate surface area is 754 Å². The number of rotatable bonds is 11. The van der Waals surface area contributed by atoms with Crippen LogP contribution in [0.1, 0.15) is 536 Å². The van der Waals surface area contributed by atoms with Crippen LogP contribution in [0.2, 0.25) is 0 Å². The van der Waals surface area contributed by atoms with Gasteiger partial charge in [0.1, 0.15) is 0 Å². The van der Waals surface area contributed by atoms with Gasteiger partial charge in [-0.25, -0.2) is 0 Å². The van der Waals surface area contributed by atoms with Gasteiger partial charge in [-0.3, -0.25) is 0 Å². The Morgan fingerprint density at radius 3 is 1.35 bits per heavy atom. The third kappa shape index (κ3) is 19.1. The molecule has 0 aliphatic heterocycles.